The van der Waals surface area contributed by atoms with Crippen molar-refractivity contribution in [3.8, 4) is 0 Å². The van der Waals surface area contributed by atoms with Crippen LogP contribution >= 0.6 is 0 Å². The SMILES string of the molecule is CC(=O)O[C@@H]1CC[C@@]2(C)[C@H](CC[C@H]3[C@@H]4CC[C@@]5(CC(C)=C4C[C@@H]32)O[C@@H]2CCCN[C@H]2[C@H]5C)C1. The molecule has 1 N–H and O–H groups in total. The molecule has 2 aliphatic heterocycles. The highest BCUT2D eigenvalue weighted by atomic mass is 16.5. The van der Waals surface area contributed by atoms with Gasteiger partial charge in [-0.2, -0.15) is 0 Å². The van der Waals surface area contributed by atoms with Crippen LogP contribution in [-0.4, -0.2) is 36.4 Å². The Labute approximate surface area is 200 Å². The Bertz CT molecular complexity index is 837. The molecule has 4 nitrogen and oxygen atoms in total. The van der Waals surface area contributed by atoms with Gasteiger partial charge in [-0.3, -0.25) is 4.79 Å². The molecule has 6 aliphatic rings. The number of carbonyl (C=O) groups is 1. The number of nitrogens with one attached hydrogen (secondary N) is 1. The monoisotopic (exact) mass is 455 g/mol. The molecule has 0 unspecified atom stereocenters. The Morgan fingerprint density at radius 1 is 1.15 bits per heavy atom. The van der Waals surface area contributed by atoms with Crippen LogP contribution in [0.15, 0.2) is 11.1 Å². The van der Waals surface area contributed by atoms with Crippen molar-refractivity contribution >= 4 is 5.97 Å². The molecule has 6 rings (SSSR count). The lowest BCUT2D eigenvalue weighted by molar-refractivity contribution is -0.154. The van der Waals surface area contributed by atoms with Gasteiger partial charge in [-0.25, -0.2) is 0 Å². The fourth-order valence-electron chi connectivity index (χ4n) is 9.92. The van der Waals surface area contributed by atoms with Crippen LogP contribution in [0.25, 0.3) is 0 Å². The lowest BCUT2D eigenvalue weighted by Crippen LogP contribution is -2.48. The number of carbonyl (C=O) groups excluding carboxylic acids is 1. The van der Waals surface area contributed by atoms with Crippen LogP contribution in [0.5, 0.6) is 0 Å². The summed E-state index contributed by atoms with van der Waals surface area (Å²) in [6.07, 6.45) is 14.2. The topological polar surface area (TPSA) is 47.6 Å². The van der Waals surface area contributed by atoms with Crippen molar-refractivity contribution in [2.75, 3.05) is 6.54 Å². The molecule has 33 heavy (non-hydrogen) atoms. The summed E-state index contributed by atoms with van der Waals surface area (Å²) in [7, 11) is 0. The zero-order chi connectivity index (χ0) is 23.0. The summed E-state index contributed by atoms with van der Waals surface area (Å²) in [6, 6.07) is 0.559. The highest BCUT2D eigenvalue weighted by Crippen LogP contribution is 2.65. The number of allylic oxidation sites excluding steroid dienone is 1. The Kier molecular flexibility index (Phi) is 5.53. The number of ether oxygens (including phenoxy) is 2. The van der Waals surface area contributed by atoms with Crippen molar-refractivity contribution in [1.29, 1.82) is 0 Å². The molecular formula is C29H45NO3. The van der Waals surface area contributed by atoms with Crippen LogP contribution in [0.4, 0.5) is 0 Å². The third-order valence-corrected chi connectivity index (χ3v) is 11.6. The molecule has 1 spiro atoms. The standard InChI is InChI=1S/C29H45NO3/c1-17-16-29(18(2)27-26(33-29)6-5-13-30-27)12-10-22-23-8-7-20-14-21(32-19(3)31)9-11-28(20,4)25(23)15-24(17)22/h18,20-23,25-27,30H,5-16H2,1-4H3/t18-,20-,21-,22+,23+,25+,26-,27+,28+,29+/m1/s1. The molecule has 184 valence electrons. The van der Waals surface area contributed by atoms with Crippen molar-refractivity contribution in [2.24, 2.45) is 35.0 Å². The number of piperidine rings is 1. The molecule has 10 atom stereocenters. The molecule has 0 aromatic heterocycles. The summed E-state index contributed by atoms with van der Waals surface area (Å²) in [5.41, 5.74) is 3.98. The van der Waals surface area contributed by atoms with Crippen molar-refractivity contribution < 1.29 is 14.3 Å². The molecule has 0 bridgehead atoms. The normalized spacial score (nSPS) is 51.4. The van der Waals surface area contributed by atoms with Crippen LogP contribution in [0.1, 0.15) is 98.3 Å². The quantitative estimate of drug-likeness (QED) is 0.401. The predicted molar refractivity (Wildman–Crippen MR) is 130 cm³/mol. The van der Waals surface area contributed by atoms with Crippen molar-refractivity contribution in [3.63, 3.8) is 0 Å². The van der Waals surface area contributed by atoms with Gasteiger partial charge in [-0.1, -0.05) is 25.0 Å². The van der Waals surface area contributed by atoms with Gasteiger partial charge >= 0.3 is 5.97 Å². The van der Waals surface area contributed by atoms with Gasteiger partial charge < -0.3 is 14.8 Å². The molecular weight excluding hydrogens is 410 g/mol. The lowest BCUT2D eigenvalue weighted by Gasteiger charge is -2.54. The van der Waals surface area contributed by atoms with Crippen molar-refractivity contribution in [3.05, 3.63) is 11.1 Å². The second kappa shape index (κ2) is 8.08. The minimum absolute atomic E-state index is 0.0623. The first-order valence-corrected chi connectivity index (χ1v) is 14.1. The average molecular weight is 456 g/mol. The second-order valence-electron chi connectivity index (χ2n) is 13.0. The molecule has 5 fully saturated rings. The van der Waals surface area contributed by atoms with Crippen LogP contribution in [0.2, 0.25) is 0 Å². The van der Waals surface area contributed by atoms with Gasteiger partial charge in [0.25, 0.3) is 0 Å². The molecule has 4 aliphatic carbocycles. The first-order valence-electron chi connectivity index (χ1n) is 14.1. The van der Waals surface area contributed by atoms with E-state index < -0.39 is 0 Å². The van der Waals surface area contributed by atoms with E-state index in [0.29, 0.717) is 23.5 Å². The van der Waals surface area contributed by atoms with E-state index in [1.54, 1.807) is 12.5 Å². The molecule has 0 amide bonds. The Balaban J connectivity index is 1.23. The minimum Gasteiger partial charge on any atom is -0.463 e. The van der Waals surface area contributed by atoms with Gasteiger partial charge in [-0.15, -0.1) is 0 Å². The van der Waals surface area contributed by atoms with Gasteiger partial charge in [0.1, 0.15) is 6.10 Å². The number of esters is 1. The third kappa shape index (κ3) is 3.48. The summed E-state index contributed by atoms with van der Waals surface area (Å²) in [5.74, 6) is 3.69. The van der Waals surface area contributed by atoms with E-state index in [9.17, 15) is 4.79 Å². The predicted octanol–water partition coefficient (Wildman–Crippen LogP) is 5.80. The van der Waals surface area contributed by atoms with E-state index in [2.05, 4.69) is 26.1 Å². The molecule has 0 aromatic carbocycles. The Morgan fingerprint density at radius 2 is 2.00 bits per heavy atom. The molecule has 2 heterocycles. The smallest absolute Gasteiger partial charge is 0.302 e. The van der Waals surface area contributed by atoms with E-state index in [-0.39, 0.29) is 17.7 Å². The van der Waals surface area contributed by atoms with E-state index >= 15 is 0 Å². The summed E-state index contributed by atoms with van der Waals surface area (Å²) < 4.78 is 12.6. The molecule has 0 radical (unpaired) electrons. The number of hydrogen-bond acceptors (Lipinski definition) is 4. The fraction of sp³-hybridized carbons (Fsp3) is 0.897. The van der Waals surface area contributed by atoms with Crippen molar-refractivity contribution in [2.45, 2.75) is 122 Å². The fourth-order valence-corrected chi connectivity index (χ4v) is 9.92. The minimum atomic E-state index is -0.103. The van der Waals surface area contributed by atoms with Gasteiger partial charge in [0.2, 0.25) is 0 Å². The number of hydrogen-bond donors (Lipinski definition) is 1. The summed E-state index contributed by atoms with van der Waals surface area (Å²) in [6.45, 7) is 10.3. The maximum absolute atomic E-state index is 11.5. The number of fused-ring (bicyclic) bond motifs is 6. The lowest BCUT2D eigenvalue weighted by atomic mass is 9.52. The highest BCUT2D eigenvalue weighted by Gasteiger charge is 2.59. The number of rotatable bonds is 1. The zero-order valence-corrected chi connectivity index (χ0v) is 21.3. The van der Waals surface area contributed by atoms with E-state index in [0.717, 1.165) is 49.5 Å². The Morgan fingerprint density at radius 3 is 2.79 bits per heavy atom. The zero-order valence-electron chi connectivity index (χ0n) is 21.3. The molecule has 4 heteroatoms. The second-order valence-corrected chi connectivity index (χ2v) is 13.0. The molecule has 0 aromatic rings. The third-order valence-electron chi connectivity index (χ3n) is 11.6. The molecule has 2 saturated heterocycles. The Hall–Kier alpha value is -0.870. The van der Waals surface area contributed by atoms with Gasteiger partial charge in [0.15, 0.2) is 0 Å². The van der Waals surface area contributed by atoms with Crippen LogP contribution in [0, 0.1) is 35.0 Å². The summed E-state index contributed by atoms with van der Waals surface area (Å²) in [4.78, 5) is 11.5. The van der Waals surface area contributed by atoms with Crippen LogP contribution in [-0.2, 0) is 14.3 Å². The maximum atomic E-state index is 11.5. The van der Waals surface area contributed by atoms with E-state index in [4.69, 9.17) is 9.47 Å². The molecule has 3 saturated carbocycles. The largest absolute Gasteiger partial charge is 0.463 e. The first kappa shape index (κ1) is 22.6. The van der Waals surface area contributed by atoms with E-state index in [1.807, 2.05) is 5.57 Å². The average Bonchev–Trinajstić information content (AvgIpc) is 3.24. The van der Waals surface area contributed by atoms with Crippen LogP contribution in [0.3, 0.4) is 0 Å². The van der Waals surface area contributed by atoms with Crippen LogP contribution < -0.4 is 5.32 Å². The van der Waals surface area contributed by atoms with Gasteiger partial charge in [0, 0.05) is 18.9 Å². The highest BCUT2D eigenvalue weighted by molar-refractivity contribution is 5.66. The maximum Gasteiger partial charge on any atom is 0.302 e. The first-order chi connectivity index (χ1) is 15.8. The van der Waals surface area contributed by atoms with Gasteiger partial charge in [-0.05, 0) is 113 Å². The van der Waals surface area contributed by atoms with Gasteiger partial charge in [0.05, 0.1) is 11.7 Å². The van der Waals surface area contributed by atoms with E-state index in [1.165, 1.54) is 51.4 Å². The summed E-state index contributed by atoms with van der Waals surface area (Å²) >= 11 is 0. The summed E-state index contributed by atoms with van der Waals surface area (Å²) in [5, 5.41) is 3.81. The van der Waals surface area contributed by atoms with Crippen molar-refractivity contribution in [1.82, 2.24) is 5.32 Å².